The summed E-state index contributed by atoms with van der Waals surface area (Å²) < 4.78 is 10.5. The molecule has 0 saturated carbocycles. The van der Waals surface area contributed by atoms with Gasteiger partial charge in [-0.15, -0.1) is 11.8 Å². The number of ether oxygens (including phenoxy) is 2. The van der Waals surface area contributed by atoms with Crippen molar-refractivity contribution in [3.05, 3.63) is 53.8 Å². The first-order valence-corrected chi connectivity index (χ1v) is 9.28. The number of hydrogen-bond acceptors (Lipinski definition) is 6. The van der Waals surface area contributed by atoms with Crippen LogP contribution in [0.1, 0.15) is 34.6 Å². The molecule has 5 nitrogen and oxygen atoms in total. The normalized spacial score (nSPS) is 11.3. The van der Waals surface area contributed by atoms with Crippen LogP contribution in [0.4, 0.5) is 0 Å². The average Bonchev–Trinajstić information content (AvgIpc) is 2.63. The predicted octanol–water partition coefficient (Wildman–Crippen LogP) is 4.40. The van der Waals surface area contributed by atoms with Crippen molar-refractivity contribution in [1.82, 2.24) is 0 Å². The van der Waals surface area contributed by atoms with Crippen LogP contribution in [-0.2, 0) is 9.47 Å². The van der Waals surface area contributed by atoms with Crippen LogP contribution < -0.4 is 0 Å². The fourth-order valence-electron chi connectivity index (χ4n) is 2.55. The Bertz CT molecular complexity index is 813. The van der Waals surface area contributed by atoms with Gasteiger partial charge in [-0.05, 0) is 31.4 Å². The van der Waals surface area contributed by atoms with Crippen LogP contribution in [0, 0.1) is 0 Å². The molecular weight excluding hydrogens is 352 g/mol. The minimum atomic E-state index is -0.346. The van der Waals surface area contributed by atoms with Gasteiger partial charge >= 0.3 is 0 Å². The molecule has 0 bridgehead atoms. The fraction of sp³-hybridized carbons (Fsp3) is 0.300. The number of rotatable bonds is 10. The highest BCUT2D eigenvalue weighted by molar-refractivity contribution is 7.99. The second kappa shape index (κ2) is 10.1. The molecule has 0 atom stereocenters. The van der Waals surface area contributed by atoms with Crippen LogP contribution in [0.15, 0.2) is 47.6 Å². The maximum Gasteiger partial charge on any atom is 0.189 e. The molecule has 0 aliphatic carbocycles. The molecule has 0 aliphatic rings. The summed E-state index contributed by atoms with van der Waals surface area (Å²) in [6.07, 6.45) is 1.80. The third kappa shape index (κ3) is 5.17. The van der Waals surface area contributed by atoms with Gasteiger partial charge in [-0.1, -0.05) is 18.2 Å². The van der Waals surface area contributed by atoms with E-state index in [0.29, 0.717) is 41.7 Å². The van der Waals surface area contributed by atoms with Crippen LogP contribution >= 0.6 is 11.8 Å². The zero-order valence-electron chi connectivity index (χ0n) is 14.9. The van der Waals surface area contributed by atoms with Crippen molar-refractivity contribution in [2.45, 2.75) is 18.7 Å². The van der Waals surface area contributed by atoms with Crippen molar-refractivity contribution in [2.24, 2.45) is 0 Å². The molecule has 138 valence electrons. The number of thioether (sulfide) groups is 1. The Morgan fingerprint density at radius 2 is 2.00 bits per heavy atom. The average molecular weight is 374 g/mol. The Morgan fingerprint density at radius 3 is 2.69 bits per heavy atom. The van der Waals surface area contributed by atoms with E-state index in [1.165, 1.54) is 6.92 Å². The summed E-state index contributed by atoms with van der Waals surface area (Å²) in [4.78, 5) is 25.3. The number of ketones is 2. The molecule has 0 fully saturated rings. The number of carbonyl (C=O) groups excluding carboxylic acids is 2. The summed E-state index contributed by atoms with van der Waals surface area (Å²) in [5.41, 5.74) is 0.894. The van der Waals surface area contributed by atoms with Gasteiger partial charge in [0.2, 0.25) is 0 Å². The number of carbonyl (C=O) groups is 2. The molecule has 0 amide bonds. The van der Waals surface area contributed by atoms with E-state index < -0.39 is 0 Å². The molecule has 0 aromatic heterocycles. The SMILES string of the molecule is CCOCOCCSc1cc(C(=O)/C=C/O)c2c(C(C)=O)cccc2c1. The third-order valence-electron chi connectivity index (χ3n) is 3.69. The lowest BCUT2D eigenvalue weighted by molar-refractivity contribution is -0.0435. The van der Waals surface area contributed by atoms with E-state index in [4.69, 9.17) is 14.6 Å². The van der Waals surface area contributed by atoms with Crippen LogP contribution in [0.3, 0.4) is 0 Å². The van der Waals surface area contributed by atoms with Gasteiger partial charge in [-0.2, -0.15) is 0 Å². The smallest absolute Gasteiger partial charge is 0.189 e. The topological polar surface area (TPSA) is 72.8 Å². The zero-order chi connectivity index (χ0) is 18.9. The van der Waals surface area contributed by atoms with Gasteiger partial charge in [-0.25, -0.2) is 0 Å². The summed E-state index contributed by atoms with van der Waals surface area (Å²) in [6, 6.07) is 9.09. The summed E-state index contributed by atoms with van der Waals surface area (Å²) in [5, 5.41) is 10.4. The highest BCUT2D eigenvalue weighted by atomic mass is 32.2. The van der Waals surface area contributed by atoms with Gasteiger partial charge in [0.1, 0.15) is 6.79 Å². The van der Waals surface area contributed by atoms with Crippen LogP contribution in [0.2, 0.25) is 0 Å². The minimum Gasteiger partial charge on any atom is -0.515 e. The first-order valence-electron chi connectivity index (χ1n) is 8.29. The molecule has 2 rings (SSSR count). The molecular formula is C20H22O5S. The van der Waals surface area contributed by atoms with E-state index in [-0.39, 0.29) is 18.4 Å². The molecule has 0 spiro atoms. The standard InChI is InChI=1S/C20H22O5S/c1-3-24-13-25-9-10-26-16-11-15-5-4-6-17(14(2)22)20(15)18(12-16)19(23)7-8-21/h4-8,11-12,21H,3,9-10,13H2,1-2H3/b8-7+. The van der Waals surface area contributed by atoms with E-state index in [2.05, 4.69) is 0 Å². The Labute approximate surface area is 157 Å². The number of benzene rings is 2. The molecule has 0 radical (unpaired) electrons. The number of hydrogen-bond donors (Lipinski definition) is 1. The van der Waals surface area contributed by atoms with Crippen molar-refractivity contribution in [3.63, 3.8) is 0 Å². The van der Waals surface area contributed by atoms with Crippen molar-refractivity contribution in [2.75, 3.05) is 25.8 Å². The van der Waals surface area contributed by atoms with E-state index >= 15 is 0 Å². The monoisotopic (exact) mass is 374 g/mol. The third-order valence-corrected chi connectivity index (χ3v) is 4.63. The highest BCUT2D eigenvalue weighted by Crippen LogP contribution is 2.30. The van der Waals surface area contributed by atoms with E-state index in [9.17, 15) is 9.59 Å². The van der Waals surface area contributed by atoms with E-state index in [1.807, 2.05) is 19.1 Å². The first-order chi connectivity index (χ1) is 12.6. The molecule has 2 aromatic rings. The lowest BCUT2D eigenvalue weighted by Crippen LogP contribution is -2.04. The van der Waals surface area contributed by atoms with Crippen molar-refractivity contribution >= 4 is 34.1 Å². The van der Waals surface area contributed by atoms with Gasteiger partial charge in [0.15, 0.2) is 11.6 Å². The van der Waals surface area contributed by atoms with E-state index in [1.54, 1.807) is 30.0 Å². The van der Waals surface area contributed by atoms with Gasteiger partial charge < -0.3 is 14.6 Å². The molecule has 0 heterocycles. The molecule has 0 aliphatic heterocycles. The predicted molar refractivity (Wildman–Crippen MR) is 103 cm³/mol. The summed E-state index contributed by atoms with van der Waals surface area (Å²) in [5.74, 6) is 0.248. The van der Waals surface area contributed by atoms with Crippen LogP contribution in [0.5, 0.6) is 0 Å². The zero-order valence-corrected chi connectivity index (χ0v) is 15.7. The lowest BCUT2D eigenvalue weighted by Gasteiger charge is -2.11. The van der Waals surface area contributed by atoms with Crippen molar-refractivity contribution < 1.29 is 24.2 Å². The number of fused-ring (bicyclic) bond motifs is 1. The Hall–Kier alpha value is -2.15. The molecule has 0 saturated heterocycles. The fourth-order valence-corrected chi connectivity index (χ4v) is 3.40. The largest absolute Gasteiger partial charge is 0.515 e. The van der Waals surface area contributed by atoms with Crippen LogP contribution in [-0.4, -0.2) is 42.4 Å². The van der Waals surface area contributed by atoms with Gasteiger partial charge in [-0.3, -0.25) is 9.59 Å². The van der Waals surface area contributed by atoms with Crippen molar-refractivity contribution in [1.29, 1.82) is 0 Å². The highest BCUT2D eigenvalue weighted by Gasteiger charge is 2.15. The number of allylic oxidation sites excluding steroid dienone is 1. The van der Waals surface area contributed by atoms with Crippen molar-refractivity contribution in [3.8, 4) is 0 Å². The minimum absolute atomic E-state index is 0.109. The van der Waals surface area contributed by atoms with Gasteiger partial charge in [0, 0.05) is 39.8 Å². The Balaban J connectivity index is 2.33. The second-order valence-electron chi connectivity index (χ2n) is 5.48. The number of Topliss-reactive ketones (excluding diaryl/α,β-unsaturated/α-hetero) is 1. The summed E-state index contributed by atoms with van der Waals surface area (Å²) in [6.45, 7) is 4.78. The molecule has 1 N–H and O–H groups in total. The quantitative estimate of drug-likeness (QED) is 0.166. The van der Waals surface area contributed by atoms with Crippen LogP contribution in [0.25, 0.3) is 10.8 Å². The molecule has 2 aromatic carbocycles. The Kier molecular flexibility index (Phi) is 7.84. The maximum absolute atomic E-state index is 12.4. The second-order valence-corrected chi connectivity index (χ2v) is 6.65. The lowest BCUT2D eigenvalue weighted by atomic mass is 9.95. The number of aliphatic hydroxyl groups is 1. The molecule has 26 heavy (non-hydrogen) atoms. The number of aliphatic hydroxyl groups excluding tert-OH is 1. The molecule has 6 heteroatoms. The van der Waals surface area contributed by atoms with Gasteiger partial charge in [0.05, 0.1) is 12.9 Å². The summed E-state index contributed by atoms with van der Waals surface area (Å²) in [7, 11) is 0. The maximum atomic E-state index is 12.4. The van der Waals surface area contributed by atoms with E-state index in [0.717, 1.165) is 16.4 Å². The van der Waals surface area contributed by atoms with Gasteiger partial charge in [0.25, 0.3) is 0 Å². The first kappa shape index (κ1) is 20.2. The summed E-state index contributed by atoms with van der Waals surface area (Å²) >= 11 is 1.55. The molecule has 0 unspecified atom stereocenters. The Morgan fingerprint density at radius 1 is 1.19 bits per heavy atom.